The number of hydrogen-bond donors (Lipinski definition) is 0. The minimum Gasteiger partial charge on any atom is -0.100 e. The van der Waals surface area contributed by atoms with Gasteiger partial charge in [0.25, 0.3) is 0 Å². The molecular weight excluding hydrogens is 577 g/mol. The van der Waals surface area contributed by atoms with Crippen LogP contribution in [0, 0.1) is 43.3 Å². The van der Waals surface area contributed by atoms with Crippen molar-refractivity contribution in [2.24, 2.45) is 43.3 Å². The van der Waals surface area contributed by atoms with Gasteiger partial charge in [0.15, 0.2) is 0 Å². The Morgan fingerprint density at radius 1 is 0.417 bits per heavy atom. The van der Waals surface area contributed by atoms with Gasteiger partial charge in [-0.25, -0.2) is 0 Å². The molecule has 0 aromatic heterocycles. The molecule has 0 rings (SSSR count). The molecule has 0 radical (unpaired) electrons. The van der Waals surface area contributed by atoms with Crippen LogP contribution in [0.1, 0.15) is 219 Å². The first-order chi connectivity index (χ1) is 20.4. The van der Waals surface area contributed by atoms with Gasteiger partial charge in [-0.3, -0.25) is 0 Å². The van der Waals surface area contributed by atoms with Crippen LogP contribution >= 0.6 is 0 Å². The van der Waals surface area contributed by atoms with Gasteiger partial charge in [0.1, 0.15) is 0 Å². The predicted molar refractivity (Wildman–Crippen MR) is 229 cm³/mol. The topological polar surface area (TPSA) is 0 Å². The van der Waals surface area contributed by atoms with Crippen LogP contribution in [0.5, 0.6) is 0 Å². The Labute approximate surface area is 308 Å². The first-order valence-electron chi connectivity index (χ1n) is 19.1. The summed E-state index contributed by atoms with van der Waals surface area (Å²) in [6.45, 7) is 67.0. The molecule has 0 heterocycles. The average molecular weight is 673 g/mol. The second kappa shape index (κ2) is 20.7. The molecule has 0 aliphatic rings. The van der Waals surface area contributed by atoms with Crippen molar-refractivity contribution in [2.45, 2.75) is 219 Å². The summed E-state index contributed by atoms with van der Waals surface area (Å²) in [7, 11) is 0. The van der Waals surface area contributed by atoms with Crippen LogP contribution in [-0.2, 0) is 0 Å². The van der Waals surface area contributed by atoms with Crippen molar-refractivity contribution in [3.8, 4) is 0 Å². The van der Waals surface area contributed by atoms with Gasteiger partial charge in [-0.1, -0.05) is 193 Å². The molecule has 0 aliphatic carbocycles. The second-order valence-electron chi connectivity index (χ2n) is 24.3. The smallest absolute Gasteiger partial charge is 0.0167 e. The fourth-order valence-corrected chi connectivity index (χ4v) is 7.70. The summed E-state index contributed by atoms with van der Waals surface area (Å²) in [6.07, 6.45) is 11.9. The summed E-state index contributed by atoms with van der Waals surface area (Å²) in [5, 5.41) is 0. The summed E-state index contributed by atoms with van der Waals surface area (Å²) in [4.78, 5) is 0. The second-order valence-corrected chi connectivity index (χ2v) is 24.3. The molecule has 0 aromatic rings. The minimum absolute atomic E-state index is 0.329. The minimum atomic E-state index is 0.329. The lowest BCUT2D eigenvalue weighted by Crippen LogP contribution is -2.20. The van der Waals surface area contributed by atoms with Gasteiger partial charge in [-0.15, -0.1) is 6.58 Å². The van der Waals surface area contributed by atoms with E-state index in [-0.39, 0.29) is 0 Å². The highest BCUT2D eigenvalue weighted by Crippen LogP contribution is 2.37. The molecule has 48 heavy (non-hydrogen) atoms. The fraction of sp³-hybridized carbons (Fsp3) is 0.833. The molecule has 0 aliphatic heterocycles. The fourth-order valence-electron chi connectivity index (χ4n) is 7.70. The largest absolute Gasteiger partial charge is 0.100 e. The molecule has 0 N–H and O–H groups in total. The van der Waals surface area contributed by atoms with E-state index in [0.29, 0.717) is 43.3 Å². The summed E-state index contributed by atoms with van der Waals surface area (Å²) >= 11 is 0. The van der Waals surface area contributed by atoms with E-state index in [4.69, 9.17) is 0 Å². The maximum absolute atomic E-state index is 4.13. The monoisotopic (exact) mass is 673 g/mol. The van der Waals surface area contributed by atoms with Gasteiger partial charge in [0, 0.05) is 0 Å². The van der Waals surface area contributed by atoms with Crippen molar-refractivity contribution in [3.63, 3.8) is 0 Å². The summed E-state index contributed by atoms with van der Waals surface area (Å²) in [6, 6.07) is 0. The van der Waals surface area contributed by atoms with Gasteiger partial charge >= 0.3 is 0 Å². The highest BCUT2D eigenvalue weighted by molar-refractivity contribution is 5.06. The van der Waals surface area contributed by atoms with Crippen molar-refractivity contribution in [3.05, 3.63) is 47.6 Å². The molecule has 0 spiro atoms. The van der Waals surface area contributed by atoms with Gasteiger partial charge in [-0.2, -0.15) is 0 Å². The zero-order valence-corrected chi connectivity index (χ0v) is 38.8. The summed E-state index contributed by atoms with van der Waals surface area (Å²) in [5.74, 6) is 0. The molecule has 0 unspecified atom stereocenters. The van der Waals surface area contributed by atoms with E-state index in [1.165, 1.54) is 41.6 Å². The van der Waals surface area contributed by atoms with E-state index in [1.807, 2.05) is 0 Å². The van der Waals surface area contributed by atoms with Gasteiger partial charge < -0.3 is 0 Å². The molecule has 0 saturated heterocycles. The molecule has 0 heteroatoms. The van der Waals surface area contributed by atoms with Crippen LogP contribution in [0.15, 0.2) is 47.6 Å². The van der Waals surface area contributed by atoms with E-state index >= 15 is 0 Å². The Morgan fingerprint density at radius 3 is 0.979 bits per heavy atom. The maximum atomic E-state index is 4.13. The highest BCUT2D eigenvalue weighted by Gasteiger charge is 2.25. The van der Waals surface area contributed by atoms with Crippen molar-refractivity contribution < 1.29 is 0 Å². The zero-order valence-electron chi connectivity index (χ0n) is 38.8. The molecule has 0 saturated carbocycles. The average Bonchev–Trinajstić information content (AvgIpc) is 2.55. The number of allylic oxidation sites excluding steroid dienone is 6. The molecule has 0 amide bonds. The van der Waals surface area contributed by atoms with Crippen LogP contribution in [0.3, 0.4) is 0 Å². The molecule has 0 fully saturated rings. The number of rotatable bonds is 8. The standard InChI is InChI=1S/4C12H24/c2*1-10(8-11(2,3)4)9-12(5,6)7;2*1-10(2)8-12(6,7)9-11(3,4)5/h8H,9H2,1-7H3;1,8-9H2,2-7H3;8H,9H2,1-7H3;1,8-9H2,2-7H3. The van der Waals surface area contributed by atoms with Crippen LogP contribution in [0.25, 0.3) is 0 Å². The quantitative estimate of drug-likeness (QED) is 0.225. The van der Waals surface area contributed by atoms with Crippen LogP contribution in [-0.4, -0.2) is 0 Å². The highest BCUT2D eigenvalue weighted by atomic mass is 14.3. The molecule has 0 nitrogen and oxygen atoms in total. The maximum Gasteiger partial charge on any atom is -0.0167 e. The Morgan fingerprint density at radius 2 is 0.750 bits per heavy atom. The van der Waals surface area contributed by atoms with Crippen molar-refractivity contribution in [1.29, 1.82) is 0 Å². The normalized spacial score (nSPS) is 13.6. The van der Waals surface area contributed by atoms with Gasteiger partial charge in [-0.05, 0) is 110 Å². The number of hydrogen-bond acceptors (Lipinski definition) is 0. The first-order valence-corrected chi connectivity index (χ1v) is 19.1. The first kappa shape index (κ1) is 53.7. The molecule has 0 aromatic carbocycles. The summed E-state index contributed by atoms with van der Waals surface area (Å²) in [5.41, 5.74) is 8.75. The van der Waals surface area contributed by atoms with E-state index in [1.54, 1.807) is 0 Å². The third kappa shape index (κ3) is 51.8. The Balaban J connectivity index is -0.000000269. The van der Waals surface area contributed by atoms with Gasteiger partial charge in [0.05, 0.1) is 0 Å². The predicted octanol–water partition coefficient (Wildman–Crippen LogP) is 17.7. The van der Waals surface area contributed by atoms with Crippen molar-refractivity contribution in [2.75, 3.05) is 0 Å². The van der Waals surface area contributed by atoms with Crippen molar-refractivity contribution >= 4 is 0 Å². The molecule has 0 atom stereocenters. The third-order valence-corrected chi connectivity index (χ3v) is 6.50. The molecule has 288 valence electrons. The van der Waals surface area contributed by atoms with Gasteiger partial charge in [0.2, 0.25) is 0 Å². The molecular formula is C48H96. The van der Waals surface area contributed by atoms with E-state index in [2.05, 4.69) is 205 Å². The Bertz CT molecular complexity index is 936. The van der Waals surface area contributed by atoms with Crippen molar-refractivity contribution in [1.82, 2.24) is 0 Å². The van der Waals surface area contributed by atoms with E-state index in [0.717, 1.165) is 19.3 Å². The van der Waals surface area contributed by atoms with E-state index < -0.39 is 0 Å². The van der Waals surface area contributed by atoms with Crippen LogP contribution < -0.4 is 0 Å². The van der Waals surface area contributed by atoms with Crippen LogP contribution in [0.4, 0.5) is 0 Å². The Hall–Kier alpha value is -1.04. The SMILES string of the molecule is C=C(C)CC(C)(C)CC(C)(C)C.C=C(CC(C)(C)C)CC(C)(C)C.CC(=CC(C)(C)C)CC(C)(C)C.CC(C)=CC(C)(C)CC(C)(C)C. The molecule has 0 bridgehead atoms. The third-order valence-electron chi connectivity index (χ3n) is 6.50. The lowest BCUT2D eigenvalue weighted by molar-refractivity contribution is 0.211. The van der Waals surface area contributed by atoms with E-state index in [9.17, 15) is 0 Å². The lowest BCUT2D eigenvalue weighted by atomic mass is 9.73. The summed E-state index contributed by atoms with van der Waals surface area (Å²) < 4.78 is 0. The zero-order chi connectivity index (χ0) is 40.0. The van der Waals surface area contributed by atoms with Crippen LogP contribution in [0.2, 0.25) is 0 Å². The Kier molecular flexibility index (Phi) is 23.2. The lowest BCUT2D eigenvalue weighted by Gasteiger charge is -2.32.